The number of hydrogen-bond donors (Lipinski definition) is 0. The van der Waals surface area contributed by atoms with Gasteiger partial charge < -0.3 is 9.40 Å². The Bertz CT molecular complexity index is 2780. The molecular formula is C43H30GeIrN2O3-2. The van der Waals surface area contributed by atoms with Gasteiger partial charge in [0.05, 0.1) is 0 Å². The SMILES string of the molecule is [CH3][Ge]([CH3])([CH3])[c]1cccc2c1oc1cc(-c3[c-]ccc4c3oc3cc5c(cc34)oc3ccccc35)ncc12.[Ir].[c-]1ccccc1-c1ccccn1. The van der Waals surface area contributed by atoms with E-state index >= 15 is 0 Å². The molecule has 1 radical (unpaired) electrons. The van der Waals surface area contributed by atoms with Gasteiger partial charge in [-0.25, -0.2) is 0 Å². The summed E-state index contributed by atoms with van der Waals surface area (Å²) in [6.07, 6.45) is 3.71. The van der Waals surface area contributed by atoms with Gasteiger partial charge >= 0.3 is 176 Å². The van der Waals surface area contributed by atoms with Crippen LogP contribution in [0.5, 0.6) is 0 Å². The van der Waals surface area contributed by atoms with Crippen molar-refractivity contribution in [3.05, 3.63) is 140 Å². The zero-order chi connectivity index (χ0) is 33.1. The van der Waals surface area contributed by atoms with E-state index in [0.717, 1.165) is 88.3 Å². The molecule has 5 aromatic heterocycles. The fraction of sp³-hybridized carbons (Fsp3) is 0.0698. The molecule has 0 unspecified atom stereocenters. The Morgan fingerprint density at radius 1 is 0.520 bits per heavy atom. The monoisotopic (exact) mass is 889 g/mol. The van der Waals surface area contributed by atoms with E-state index in [0.29, 0.717) is 0 Å². The molecule has 0 N–H and O–H groups in total. The molecule has 5 nitrogen and oxygen atoms in total. The molecule has 5 aromatic carbocycles. The summed E-state index contributed by atoms with van der Waals surface area (Å²) in [5.41, 5.74) is 8.78. The van der Waals surface area contributed by atoms with Crippen molar-refractivity contribution in [1.29, 1.82) is 0 Å². The van der Waals surface area contributed by atoms with Crippen LogP contribution in [0.25, 0.3) is 88.3 Å². The average molecular weight is 888 g/mol. The third-order valence-electron chi connectivity index (χ3n) is 9.03. The fourth-order valence-electron chi connectivity index (χ4n) is 6.64. The number of benzene rings is 5. The molecule has 10 rings (SSSR count). The molecule has 245 valence electrons. The third-order valence-corrected chi connectivity index (χ3v) is 13.2. The topological polar surface area (TPSA) is 65.2 Å². The maximum absolute atomic E-state index is 6.48. The minimum Gasteiger partial charge on any atom is -0.305 e. The quantitative estimate of drug-likeness (QED) is 0.131. The standard InChI is InChI=1S/C32H22GeNO3.C11H8N.Ir/c1-33(2,3)25-12-7-10-20-24-17-34-26(16-30(24)37-32(20)25)21-11-6-9-19-23-15-28-22(14-29(23)36-31(19)21)18-8-4-5-13-27(18)35-28;1-2-6-10(7-3-1)11-8-4-5-9-12-11;/h4-10,12-17H,1-3H3;1-6,8-9H;/q2*-1;. The summed E-state index contributed by atoms with van der Waals surface area (Å²) in [4.78, 5) is 9.06. The van der Waals surface area contributed by atoms with Crippen LogP contribution in [0.4, 0.5) is 0 Å². The predicted octanol–water partition coefficient (Wildman–Crippen LogP) is 11.3. The molecule has 0 aliphatic carbocycles. The van der Waals surface area contributed by atoms with Crippen molar-refractivity contribution in [2.75, 3.05) is 0 Å². The smallest absolute Gasteiger partial charge is 0.0160 e. The maximum atomic E-state index is 6.48. The van der Waals surface area contributed by atoms with Crippen LogP contribution in [0.1, 0.15) is 0 Å². The second kappa shape index (κ2) is 12.7. The first-order chi connectivity index (χ1) is 23.9. The Kier molecular flexibility index (Phi) is 8.19. The van der Waals surface area contributed by atoms with E-state index in [9.17, 15) is 0 Å². The van der Waals surface area contributed by atoms with Crippen molar-refractivity contribution < 1.29 is 33.4 Å². The number of aromatic nitrogens is 2. The molecule has 50 heavy (non-hydrogen) atoms. The van der Waals surface area contributed by atoms with E-state index in [4.69, 9.17) is 18.2 Å². The van der Waals surface area contributed by atoms with E-state index < -0.39 is 13.3 Å². The number of para-hydroxylation sites is 2. The van der Waals surface area contributed by atoms with E-state index in [1.54, 1.807) is 6.20 Å². The van der Waals surface area contributed by atoms with Gasteiger partial charge in [0.1, 0.15) is 5.58 Å². The molecule has 5 heterocycles. The summed E-state index contributed by atoms with van der Waals surface area (Å²) in [5, 5.41) is 6.34. The summed E-state index contributed by atoms with van der Waals surface area (Å²) in [6, 6.07) is 44.9. The summed E-state index contributed by atoms with van der Waals surface area (Å²) in [7, 11) is 0. The molecule has 10 aromatic rings. The van der Waals surface area contributed by atoms with Gasteiger partial charge in [-0.15, -0.1) is 35.9 Å². The first-order valence-electron chi connectivity index (χ1n) is 16.3. The van der Waals surface area contributed by atoms with Crippen LogP contribution in [0, 0.1) is 12.1 Å². The second-order valence-corrected chi connectivity index (χ2v) is 23.8. The van der Waals surface area contributed by atoms with Crippen LogP contribution in [0.2, 0.25) is 17.3 Å². The average Bonchev–Trinajstić information content (AvgIpc) is 3.81. The van der Waals surface area contributed by atoms with E-state index in [1.165, 1.54) is 4.40 Å². The fourth-order valence-corrected chi connectivity index (χ4v) is 9.71. The van der Waals surface area contributed by atoms with E-state index in [-0.39, 0.29) is 20.1 Å². The normalized spacial score (nSPS) is 11.7. The van der Waals surface area contributed by atoms with Crippen molar-refractivity contribution in [2.24, 2.45) is 0 Å². The molecule has 0 aliphatic rings. The van der Waals surface area contributed by atoms with Crippen LogP contribution in [-0.4, -0.2) is 23.2 Å². The molecule has 0 fully saturated rings. The van der Waals surface area contributed by atoms with Crippen molar-refractivity contribution >= 4 is 83.5 Å². The first-order valence-corrected chi connectivity index (χ1v) is 23.7. The predicted molar refractivity (Wildman–Crippen MR) is 202 cm³/mol. The van der Waals surface area contributed by atoms with Crippen LogP contribution >= 0.6 is 0 Å². The van der Waals surface area contributed by atoms with Crippen LogP contribution < -0.4 is 4.40 Å². The van der Waals surface area contributed by atoms with Crippen molar-refractivity contribution in [3.63, 3.8) is 0 Å². The third kappa shape index (κ3) is 5.54. The Morgan fingerprint density at radius 3 is 2.04 bits per heavy atom. The van der Waals surface area contributed by atoms with Crippen LogP contribution in [0.3, 0.4) is 0 Å². The molecule has 0 atom stereocenters. The van der Waals surface area contributed by atoms with Gasteiger partial charge in [-0.2, -0.15) is 0 Å². The number of fused-ring (bicyclic) bond motifs is 9. The maximum Gasteiger partial charge on any atom is 0.0160 e. The molecule has 0 amide bonds. The summed E-state index contributed by atoms with van der Waals surface area (Å²) in [6.45, 7) is 0. The number of nitrogens with zero attached hydrogens (tertiary/aromatic N) is 2. The molecule has 0 bridgehead atoms. The van der Waals surface area contributed by atoms with Gasteiger partial charge in [0, 0.05) is 31.7 Å². The molecule has 0 saturated heterocycles. The number of pyridine rings is 2. The first kappa shape index (κ1) is 32.2. The Labute approximate surface area is 304 Å². The van der Waals surface area contributed by atoms with Gasteiger partial charge in [-0.3, -0.25) is 0 Å². The van der Waals surface area contributed by atoms with Crippen molar-refractivity contribution in [2.45, 2.75) is 17.3 Å². The summed E-state index contributed by atoms with van der Waals surface area (Å²) < 4.78 is 20.4. The van der Waals surface area contributed by atoms with E-state index in [1.807, 2.05) is 85.1 Å². The minimum atomic E-state index is -2.11. The Morgan fingerprint density at radius 2 is 1.24 bits per heavy atom. The van der Waals surface area contributed by atoms with Gasteiger partial charge in [-0.1, -0.05) is 30.3 Å². The van der Waals surface area contributed by atoms with Gasteiger partial charge in [0.2, 0.25) is 0 Å². The molecule has 7 heteroatoms. The molecule has 0 spiro atoms. The van der Waals surface area contributed by atoms with Crippen LogP contribution in [0.15, 0.2) is 141 Å². The van der Waals surface area contributed by atoms with Crippen molar-refractivity contribution in [3.8, 4) is 22.5 Å². The summed E-state index contributed by atoms with van der Waals surface area (Å²) in [5.74, 6) is 7.17. The Hall–Kier alpha value is -5.01. The number of hydrogen-bond acceptors (Lipinski definition) is 5. The molecular weight excluding hydrogens is 857 g/mol. The van der Waals surface area contributed by atoms with Gasteiger partial charge in [-0.05, 0) is 17.8 Å². The number of furan rings is 3. The zero-order valence-corrected chi connectivity index (χ0v) is 32.1. The Balaban J connectivity index is 0.000000236. The van der Waals surface area contributed by atoms with E-state index in [2.05, 4.69) is 70.8 Å². The second-order valence-electron chi connectivity index (χ2n) is 13.2. The minimum absolute atomic E-state index is 0. The zero-order valence-electron chi connectivity index (χ0n) is 27.6. The molecule has 0 saturated carbocycles. The number of rotatable bonds is 3. The van der Waals surface area contributed by atoms with Crippen molar-refractivity contribution in [1.82, 2.24) is 9.97 Å². The van der Waals surface area contributed by atoms with Crippen LogP contribution in [-0.2, 0) is 20.1 Å². The van der Waals surface area contributed by atoms with Gasteiger partial charge in [0.15, 0.2) is 0 Å². The largest absolute Gasteiger partial charge is 0.305 e. The van der Waals surface area contributed by atoms with Gasteiger partial charge in [0.25, 0.3) is 0 Å². The summed E-state index contributed by atoms with van der Waals surface area (Å²) >= 11 is -2.11. The molecule has 0 aliphatic heterocycles.